The van der Waals surface area contributed by atoms with Gasteiger partial charge in [0.2, 0.25) is 0 Å². The Balaban J connectivity index is 1.41. The average molecular weight is 391 g/mol. The van der Waals surface area contributed by atoms with Crippen LogP contribution in [-0.2, 0) is 6.18 Å². The van der Waals surface area contributed by atoms with E-state index in [4.69, 9.17) is 9.47 Å². The molecule has 3 aromatic rings. The summed E-state index contributed by atoms with van der Waals surface area (Å²) in [6.07, 6.45) is 0.340. The molecule has 2 aliphatic rings. The molecule has 146 valence electrons. The first-order valence-electron chi connectivity index (χ1n) is 9.01. The average Bonchev–Trinajstić information content (AvgIpc) is 3.22. The third-order valence-electron chi connectivity index (χ3n) is 4.94. The number of anilines is 2. The van der Waals surface area contributed by atoms with E-state index in [9.17, 15) is 13.2 Å². The number of aromatic nitrogens is 4. The van der Waals surface area contributed by atoms with Crippen molar-refractivity contribution in [2.24, 2.45) is 0 Å². The fraction of sp³-hybridized carbons (Fsp3) is 0.389. The van der Waals surface area contributed by atoms with Crippen LogP contribution in [0.2, 0.25) is 0 Å². The molecule has 2 aromatic heterocycles. The van der Waals surface area contributed by atoms with Gasteiger partial charge >= 0.3 is 6.18 Å². The maximum Gasteiger partial charge on any atom is 0.453 e. The van der Waals surface area contributed by atoms with E-state index in [0.717, 1.165) is 25.7 Å². The van der Waals surface area contributed by atoms with Crippen LogP contribution >= 0.6 is 0 Å². The summed E-state index contributed by atoms with van der Waals surface area (Å²) in [6.45, 7) is 0. The SMILES string of the molecule is FC(F)(F)c1nnc2ccc(Nc3ccc4c(c3)OC3(CCCCC3)O4)nn12. The van der Waals surface area contributed by atoms with Crippen LogP contribution in [-0.4, -0.2) is 25.6 Å². The van der Waals surface area contributed by atoms with Crippen LogP contribution in [0, 0.1) is 0 Å². The second kappa shape index (κ2) is 5.98. The lowest BCUT2D eigenvalue weighted by atomic mass is 9.94. The molecule has 10 heteroatoms. The minimum atomic E-state index is -4.64. The number of nitrogens with one attached hydrogen (secondary N) is 1. The van der Waals surface area contributed by atoms with Gasteiger partial charge in [0.15, 0.2) is 23.0 Å². The van der Waals surface area contributed by atoms with Crippen molar-refractivity contribution in [2.75, 3.05) is 5.32 Å². The zero-order valence-corrected chi connectivity index (χ0v) is 14.7. The van der Waals surface area contributed by atoms with Crippen molar-refractivity contribution in [3.63, 3.8) is 0 Å². The van der Waals surface area contributed by atoms with Crippen molar-refractivity contribution in [3.8, 4) is 11.5 Å². The van der Waals surface area contributed by atoms with Crippen molar-refractivity contribution in [1.82, 2.24) is 19.8 Å². The molecule has 7 nitrogen and oxygen atoms in total. The van der Waals surface area contributed by atoms with E-state index in [2.05, 4.69) is 20.6 Å². The van der Waals surface area contributed by atoms with Crippen LogP contribution in [0.4, 0.5) is 24.7 Å². The summed E-state index contributed by atoms with van der Waals surface area (Å²) in [6, 6.07) is 8.28. The Hall–Kier alpha value is -3.04. The summed E-state index contributed by atoms with van der Waals surface area (Å²) < 4.78 is 51.8. The van der Waals surface area contributed by atoms with E-state index in [1.165, 1.54) is 18.6 Å². The molecule has 1 spiro atoms. The molecule has 1 saturated carbocycles. The molecule has 1 aliphatic heterocycles. The lowest BCUT2D eigenvalue weighted by Crippen LogP contribution is -2.40. The van der Waals surface area contributed by atoms with Crippen molar-refractivity contribution in [3.05, 3.63) is 36.2 Å². The standard InChI is InChI=1S/C18H16F3N5O2/c19-18(20,21)16-24-23-15-7-6-14(25-26(15)16)22-11-4-5-12-13(10-11)28-17(27-12)8-2-1-3-9-17/h4-7,10H,1-3,8-9H2,(H,22,25). The number of halogens is 3. The molecule has 0 unspecified atom stereocenters. The maximum atomic E-state index is 13.0. The minimum Gasteiger partial charge on any atom is -0.448 e. The molecule has 0 saturated heterocycles. The van der Waals surface area contributed by atoms with Gasteiger partial charge in [0.05, 0.1) is 0 Å². The number of fused-ring (bicyclic) bond motifs is 2. The molecule has 1 aliphatic carbocycles. The molecule has 0 amide bonds. The molecule has 0 bridgehead atoms. The fourth-order valence-corrected chi connectivity index (χ4v) is 3.65. The lowest BCUT2D eigenvalue weighted by Gasteiger charge is -2.31. The molecule has 1 N–H and O–H groups in total. The third-order valence-corrected chi connectivity index (χ3v) is 4.94. The highest BCUT2D eigenvalue weighted by Gasteiger charge is 2.42. The number of benzene rings is 1. The van der Waals surface area contributed by atoms with E-state index in [0.29, 0.717) is 21.7 Å². The van der Waals surface area contributed by atoms with Crippen LogP contribution in [0.3, 0.4) is 0 Å². The quantitative estimate of drug-likeness (QED) is 0.702. The van der Waals surface area contributed by atoms with E-state index >= 15 is 0 Å². The summed E-state index contributed by atoms with van der Waals surface area (Å²) in [5.41, 5.74) is 0.645. The summed E-state index contributed by atoms with van der Waals surface area (Å²) in [7, 11) is 0. The first-order valence-corrected chi connectivity index (χ1v) is 9.01. The molecular formula is C18H16F3N5O2. The summed E-state index contributed by atoms with van der Waals surface area (Å²) >= 11 is 0. The molecule has 0 atom stereocenters. The number of alkyl halides is 3. The van der Waals surface area contributed by atoms with Crippen molar-refractivity contribution in [1.29, 1.82) is 0 Å². The van der Waals surface area contributed by atoms with Crippen molar-refractivity contribution >= 4 is 17.2 Å². The zero-order valence-electron chi connectivity index (χ0n) is 14.7. The largest absolute Gasteiger partial charge is 0.453 e. The Bertz CT molecular complexity index is 1040. The van der Waals surface area contributed by atoms with Gasteiger partial charge in [-0.2, -0.15) is 17.7 Å². The maximum absolute atomic E-state index is 13.0. The smallest absolute Gasteiger partial charge is 0.448 e. The normalized spacial score (nSPS) is 18.0. The number of ether oxygens (including phenoxy) is 2. The van der Waals surface area contributed by atoms with Gasteiger partial charge in [0, 0.05) is 24.6 Å². The van der Waals surface area contributed by atoms with Crippen molar-refractivity contribution in [2.45, 2.75) is 44.1 Å². The monoisotopic (exact) mass is 391 g/mol. The van der Waals surface area contributed by atoms with Crippen molar-refractivity contribution < 1.29 is 22.6 Å². The van der Waals surface area contributed by atoms with Gasteiger partial charge in [-0.25, -0.2) is 0 Å². The van der Waals surface area contributed by atoms with E-state index in [1.54, 1.807) is 18.2 Å². The number of nitrogens with zero attached hydrogens (tertiary/aromatic N) is 4. The summed E-state index contributed by atoms with van der Waals surface area (Å²) in [5.74, 6) is -0.233. The predicted molar refractivity (Wildman–Crippen MR) is 92.6 cm³/mol. The fourth-order valence-electron chi connectivity index (χ4n) is 3.65. The predicted octanol–water partition coefficient (Wildman–Crippen LogP) is 4.32. The van der Waals surface area contributed by atoms with E-state index in [1.807, 2.05) is 0 Å². The van der Waals surface area contributed by atoms with Gasteiger partial charge in [-0.15, -0.1) is 15.3 Å². The second-order valence-electron chi connectivity index (χ2n) is 6.97. The lowest BCUT2D eigenvalue weighted by molar-refractivity contribution is -0.146. The minimum absolute atomic E-state index is 0.0165. The number of rotatable bonds is 2. The van der Waals surface area contributed by atoms with Crippen LogP contribution < -0.4 is 14.8 Å². The third kappa shape index (κ3) is 2.88. The molecule has 28 heavy (non-hydrogen) atoms. The summed E-state index contributed by atoms with van der Waals surface area (Å²) in [4.78, 5) is 0. The van der Waals surface area contributed by atoms with E-state index < -0.39 is 17.8 Å². The molecule has 1 fully saturated rings. The second-order valence-corrected chi connectivity index (χ2v) is 6.97. The molecule has 5 rings (SSSR count). The Morgan fingerprint density at radius 3 is 2.54 bits per heavy atom. The van der Waals surface area contributed by atoms with Gasteiger partial charge in [-0.05, 0) is 37.1 Å². The van der Waals surface area contributed by atoms with Gasteiger partial charge in [0.25, 0.3) is 11.6 Å². The molecule has 1 aromatic carbocycles. The van der Waals surface area contributed by atoms with Crippen LogP contribution in [0.1, 0.15) is 37.9 Å². The summed E-state index contributed by atoms with van der Waals surface area (Å²) in [5, 5.41) is 13.6. The van der Waals surface area contributed by atoms with Crippen LogP contribution in [0.25, 0.3) is 5.65 Å². The topological polar surface area (TPSA) is 73.6 Å². The first kappa shape index (κ1) is 17.1. The Kier molecular flexibility index (Phi) is 3.65. The Morgan fingerprint density at radius 1 is 0.964 bits per heavy atom. The number of hydrogen-bond donors (Lipinski definition) is 1. The van der Waals surface area contributed by atoms with Crippen LogP contribution in [0.5, 0.6) is 11.5 Å². The van der Waals surface area contributed by atoms with Gasteiger partial charge in [-0.1, -0.05) is 6.42 Å². The first-order chi connectivity index (χ1) is 13.4. The Labute approximate surface area is 157 Å². The van der Waals surface area contributed by atoms with Gasteiger partial charge in [-0.3, -0.25) is 0 Å². The highest BCUT2D eigenvalue weighted by molar-refractivity contribution is 5.62. The zero-order chi connectivity index (χ0) is 19.4. The highest BCUT2D eigenvalue weighted by atomic mass is 19.4. The molecule has 3 heterocycles. The van der Waals surface area contributed by atoms with Gasteiger partial charge in [0.1, 0.15) is 0 Å². The molecule has 0 radical (unpaired) electrons. The van der Waals surface area contributed by atoms with Crippen LogP contribution in [0.15, 0.2) is 30.3 Å². The number of hydrogen-bond acceptors (Lipinski definition) is 6. The Morgan fingerprint density at radius 2 is 1.75 bits per heavy atom. The molecular weight excluding hydrogens is 375 g/mol. The van der Waals surface area contributed by atoms with Gasteiger partial charge < -0.3 is 14.8 Å². The van der Waals surface area contributed by atoms with E-state index in [-0.39, 0.29) is 11.5 Å². The highest BCUT2D eigenvalue weighted by Crippen LogP contribution is 2.46.